The van der Waals surface area contributed by atoms with E-state index in [9.17, 15) is 4.79 Å². The van der Waals surface area contributed by atoms with Gasteiger partial charge in [0.25, 0.3) is 0 Å². The normalized spacial score (nSPS) is 16.3. The summed E-state index contributed by atoms with van der Waals surface area (Å²) >= 11 is 0. The standard InChI is InChI=1S/C13H18N2O3/c1-17-12-4-3-10(7-13(12)18-2)15-6-5-14-8-11(16)9-15/h3-4,7,14H,5-6,8-9H2,1-2H3. The predicted octanol–water partition coefficient (Wildman–Crippen LogP) is 0.682. The molecule has 0 saturated carbocycles. The van der Waals surface area contributed by atoms with Gasteiger partial charge >= 0.3 is 0 Å². The van der Waals surface area contributed by atoms with E-state index in [4.69, 9.17) is 9.47 Å². The molecule has 1 saturated heterocycles. The molecule has 18 heavy (non-hydrogen) atoms. The molecule has 0 bridgehead atoms. The fourth-order valence-electron chi connectivity index (χ4n) is 2.03. The van der Waals surface area contributed by atoms with E-state index in [-0.39, 0.29) is 5.78 Å². The van der Waals surface area contributed by atoms with Crippen LogP contribution in [0.3, 0.4) is 0 Å². The number of hydrogen-bond acceptors (Lipinski definition) is 5. The first-order valence-corrected chi connectivity index (χ1v) is 5.94. The first-order chi connectivity index (χ1) is 8.74. The lowest BCUT2D eigenvalue weighted by molar-refractivity contribution is -0.116. The second-order valence-electron chi connectivity index (χ2n) is 4.18. The molecule has 1 aliphatic heterocycles. The maximum Gasteiger partial charge on any atom is 0.165 e. The van der Waals surface area contributed by atoms with Crippen molar-refractivity contribution in [3.8, 4) is 11.5 Å². The van der Waals surface area contributed by atoms with Crippen LogP contribution in [0.2, 0.25) is 0 Å². The molecule has 0 unspecified atom stereocenters. The Hall–Kier alpha value is -1.75. The number of carbonyl (C=O) groups excluding carboxylic acids is 1. The zero-order chi connectivity index (χ0) is 13.0. The average molecular weight is 250 g/mol. The number of nitrogens with one attached hydrogen (secondary N) is 1. The monoisotopic (exact) mass is 250 g/mol. The molecule has 1 heterocycles. The highest BCUT2D eigenvalue weighted by molar-refractivity contribution is 5.85. The van der Waals surface area contributed by atoms with Crippen molar-refractivity contribution in [3.63, 3.8) is 0 Å². The lowest BCUT2D eigenvalue weighted by Crippen LogP contribution is -2.29. The van der Waals surface area contributed by atoms with E-state index < -0.39 is 0 Å². The van der Waals surface area contributed by atoms with Crippen LogP contribution in [0.4, 0.5) is 5.69 Å². The van der Waals surface area contributed by atoms with E-state index in [1.807, 2.05) is 23.1 Å². The van der Waals surface area contributed by atoms with Crippen molar-refractivity contribution in [1.29, 1.82) is 0 Å². The maximum atomic E-state index is 11.6. The van der Waals surface area contributed by atoms with E-state index in [1.165, 1.54) is 0 Å². The number of ether oxygens (including phenoxy) is 2. The molecule has 1 aliphatic rings. The lowest BCUT2D eigenvalue weighted by atomic mass is 10.2. The summed E-state index contributed by atoms with van der Waals surface area (Å²) in [6.07, 6.45) is 0. The Labute approximate surface area is 107 Å². The van der Waals surface area contributed by atoms with Gasteiger partial charge in [-0.05, 0) is 12.1 Å². The second kappa shape index (κ2) is 5.73. The van der Waals surface area contributed by atoms with Crippen LogP contribution in [0.25, 0.3) is 0 Å². The minimum absolute atomic E-state index is 0.197. The van der Waals surface area contributed by atoms with Crippen LogP contribution in [-0.4, -0.2) is 46.2 Å². The topological polar surface area (TPSA) is 50.8 Å². The van der Waals surface area contributed by atoms with Crippen molar-refractivity contribution >= 4 is 11.5 Å². The molecule has 1 N–H and O–H groups in total. The van der Waals surface area contributed by atoms with E-state index in [0.29, 0.717) is 24.6 Å². The van der Waals surface area contributed by atoms with Crippen LogP contribution in [0.15, 0.2) is 18.2 Å². The number of benzene rings is 1. The van der Waals surface area contributed by atoms with Crippen molar-refractivity contribution in [1.82, 2.24) is 5.32 Å². The number of methoxy groups -OCH3 is 2. The predicted molar refractivity (Wildman–Crippen MR) is 69.6 cm³/mol. The van der Waals surface area contributed by atoms with Crippen molar-refractivity contribution in [2.24, 2.45) is 0 Å². The zero-order valence-electron chi connectivity index (χ0n) is 10.7. The Kier molecular flexibility index (Phi) is 4.04. The van der Waals surface area contributed by atoms with Gasteiger partial charge < -0.3 is 19.7 Å². The van der Waals surface area contributed by atoms with Crippen LogP contribution < -0.4 is 19.7 Å². The number of ketones is 1. The number of anilines is 1. The van der Waals surface area contributed by atoms with Crippen molar-refractivity contribution in [3.05, 3.63) is 18.2 Å². The fraction of sp³-hybridized carbons (Fsp3) is 0.462. The third-order valence-corrected chi connectivity index (χ3v) is 2.98. The molecule has 0 atom stereocenters. The summed E-state index contributed by atoms with van der Waals surface area (Å²) in [7, 11) is 3.22. The Morgan fingerprint density at radius 1 is 1.22 bits per heavy atom. The number of hydrogen-bond donors (Lipinski definition) is 1. The minimum Gasteiger partial charge on any atom is -0.493 e. The largest absolute Gasteiger partial charge is 0.493 e. The minimum atomic E-state index is 0.197. The second-order valence-corrected chi connectivity index (χ2v) is 4.18. The highest BCUT2D eigenvalue weighted by Gasteiger charge is 2.16. The summed E-state index contributed by atoms with van der Waals surface area (Å²) in [6.45, 7) is 2.49. The number of Topliss-reactive ketones (excluding diaryl/α,β-unsaturated/α-hetero) is 1. The van der Waals surface area contributed by atoms with Gasteiger partial charge in [0.1, 0.15) is 0 Å². The molecule has 1 fully saturated rings. The molecule has 0 aliphatic carbocycles. The molecule has 0 radical (unpaired) electrons. The quantitative estimate of drug-likeness (QED) is 0.855. The molecular formula is C13H18N2O3. The third-order valence-electron chi connectivity index (χ3n) is 2.98. The molecule has 1 aromatic rings. The Balaban J connectivity index is 2.23. The molecule has 5 nitrogen and oxygen atoms in total. The van der Waals surface area contributed by atoms with Crippen molar-refractivity contribution < 1.29 is 14.3 Å². The molecular weight excluding hydrogens is 232 g/mol. The molecule has 1 aromatic carbocycles. The molecule has 0 aromatic heterocycles. The van der Waals surface area contributed by atoms with Gasteiger partial charge in [-0.25, -0.2) is 0 Å². The van der Waals surface area contributed by atoms with E-state index >= 15 is 0 Å². The van der Waals surface area contributed by atoms with Gasteiger partial charge in [-0.2, -0.15) is 0 Å². The zero-order valence-corrected chi connectivity index (χ0v) is 10.7. The number of rotatable bonds is 3. The lowest BCUT2D eigenvalue weighted by Gasteiger charge is -2.22. The summed E-state index contributed by atoms with van der Waals surface area (Å²) < 4.78 is 10.5. The smallest absolute Gasteiger partial charge is 0.165 e. The highest BCUT2D eigenvalue weighted by Crippen LogP contribution is 2.31. The van der Waals surface area contributed by atoms with Crippen LogP contribution in [0, 0.1) is 0 Å². The molecule has 98 valence electrons. The third kappa shape index (κ3) is 2.73. The number of carbonyl (C=O) groups is 1. The van der Waals surface area contributed by atoms with E-state index in [1.54, 1.807) is 14.2 Å². The first kappa shape index (κ1) is 12.7. The summed E-state index contributed by atoms with van der Waals surface area (Å²) in [5.41, 5.74) is 0.977. The maximum absolute atomic E-state index is 11.6. The average Bonchev–Trinajstić information content (AvgIpc) is 2.62. The van der Waals surface area contributed by atoms with Gasteiger partial charge in [0.2, 0.25) is 0 Å². The van der Waals surface area contributed by atoms with Crippen LogP contribution in [0.1, 0.15) is 0 Å². The van der Waals surface area contributed by atoms with E-state index in [0.717, 1.165) is 18.8 Å². The molecule has 2 rings (SSSR count). The van der Waals surface area contributed by atoms with Gasteiger partial charge in [-0.3, -0.25) is 4.79 Å². The number of nitrogens with zero attached hydrogens (tertiary/aromatic N) is 1. The van der Waals surface area contributed by atoms with Crippen molar-refractivity contribution in [2.75, 3.05) is 45.3 Å². The van der Waals surface area contributed by atoms with Crippen LogP contribution in [-0.2, 0) is 4.79 Å². The van der Waals surface area contributed by atoms with Gasteiger partial charge in [0, 0.05) is 24.8 Å². The first-order valence-electron chi connectivity index (χ1n) is 5.94. The fourth-order valence-corrected chi connectivity index (χ4v) is 2.03. The van der Waals surface area contributed by atoms with Crippen LogP contribution >= 0.6 is 0 Å². The summed E-state index contributed by atoms with van der Waals surface area (Å²) in [5, 5.41) is 3.10. The van der Waals surface area contributed by atoms with Gasteiger partial charge in [0.15, 0.2) is 17.3 Å². The molecule has 0 spiro atoms. The Morgan fingerprint density at radius 2 is 2.00 bits per heavy atom. The molecule has 5 heteroatoms. The van der Waals surface area contributed by atoms with Gasteiger partial charge in [-0.1, -0.05) is 0 Å². The highest BCUT2D eigenvalue weighted by atomic mass is 16.5. The van der Waals surface area contributed by atoms with E-state index in [2.05, 4.69) is 5.32 Å². The van der Waals surface area contributed by atoms with Gasteiger partial charge in [0.05, 0.1) is 27.3 Å². The van der Waals surface area contributed by atoms with Crippen molar-refractivity contribution in [2.45, 2.75) is 0 Å². The van der Waals surface area contributed by atoms with Crippen LogP contribution in [0.5, 0.6) is 11.5 Å². The Bertz CT molecular complexity index is 434. The summed E-state index contributed by atoms with van der Waals surface area (Å²) in [5.74, 6) is 1.57. The van der Waals surface area contributed by atoms with Gasteiger partial charge in [-0.15, -0.1) is 0 Å². The molecule has 0 amide bonds. The summed E-state index contributed by atoms with van der Waals surface area (Å²) in [6, 6.07) is 5.70. The SMILES string of the molecule is COc1ccc(N2CCNCC(=O)C2)cc1OC. The summed E-state index contributed by atoms with van der Waals surface area (Å²) in [4.78, 5) is 13.6. The Morgan fingerprint density at radius 3 is 2.72 bits per heavy atom.